The minimum Gasteiger partial charge on any atom is -0.464 e. The van der Waals surface area contributed by atoms with Crippen molar-refractivity contribution in [1.29, 1.82) is 5.26 Å². The highest BCUT2D eigenvalue weighted by Gasteiger charge is 2.19. The Morgan fingerprint density at radius 2 is 2.15 bits per heavy atom. The Balaban J connectivity index is 2.61. The van der Waals surface area contributed by atoms with E-state index in [1.165, 1.54) is 14.0 Å². The summed E-state index contributed by atoms with van der Waals surface area (Å²) in [5, 5.41) is 11.4. The predicted molar refractivity (Wildman–Crippen MR) is 72.4 cm³/mol. The van der Waals surface area contributed by atoms with Crippen LogP contribution in [0.25, 0.3) is 10.9 Å². The van der Waals surface area contributed by atoms with Gasteiger partial charge in [-0.05, 0) is 30.0 Å². The molecule has 0 unspecified atom stereocenters. The summed E-state index contributed by atoms with van der Waals surface area (Å²) in [5.41, 5.74) is 0.855. The van der Waals surface area contributed by atoms with Crippen molar-refractivity contribution < 1.29 is 19.1 Å². The predicted octanol–water partition coefficient (Wildman–Crippen LogP) is 2.45. The van der Waals surface area contributed by atoms with Gasteiger partial charge in [-0.3, -0.25) is 4.79 Å². The smallest absolute Gasteiger partial charge is 0.355 e. The van der Waals surface area contributed by atoms with Gasteiger partial charge < -0.3 is 14.5 Å². The molecule has 7 heteroatoms. The van der Waals surface area contributed by atoms with Crippen LogP contribution >= 0.6 is 11.8 Å². The molecule has 6 nitrogen and oxygen atoms in total. The number of carbonyl (C=O) groups excluding carboxylic acids is 2. The molecule has 1 heterocycles. The lowest BCUT2D eigenvalue weighted by molar-refractivity contribution is -0.131. The van der Waals surface area contributed by atoms with E-state index in [0.717, 1.165) is 11.8 Å². The lowest BCUT2D eigenvalue weighted by Gasteiger charge is -2.01. The molecule has 1 N–H and O–H groups in total. The number of hydrogen-bond donors (Lipinski definition) is 1. The normalized spacial score (nSPS) is 10.1. The topological polar surface area (TPSA) is 92.2 Å². The molecule has 1 aromatic carbocycles. The molecule has 2 aromatic rings. The third kappa shape index (κ3) is 2.60. The van der Waals surface area contributed by atoms with E-state index in [-0.39, 0.29) is 5.69 Å². The molecule has 20 heavy (non-hydrogen) atoms. The van der Waals surface area contributed by atoms with Gasteiger partial charge in [0.15, 0.2) is 0 Å². The number of fused-ring (bicyclic) bond motifs is 1. The first kappa shape index (κ1) is 14.0. The molecule has 0 atom stereocenters. The lowest BCUT2D eigenvalue weighted by atomic mass is 10.2. The Morgan fingerprint density at radius 1 is 1.40 bits per heavy atom. The van der Waals surface area contributed by atoms with E-state index in [9.17, 15) is 9.59 Å². The highest BCUT2D eigenvalue weighted by atomic mass is 32.2. The number of nitriles is 1. The van der Waals surface area contributed by atoms with E-state index >= 15 is 0 Å². The summed E-state index contributed by atoms with van der Waals surface area (Å²) in [4.78, 5) is 26.0. The minimum absolute atomic E-state index is 0.203. The van der Waals surface area contributed by atoms with Gasteiger partial charge in [0.2, 0.25) is 0 Å². The molecule has 0 radical (unpaired) electrons. The molecule has 0 saturated heterocycles. The third-order valence-corrected chi connectivity index (χ3v) is 3.24. The van der Waals surface area contributed by atoms with Gasteiger partial charge >= 0.3 is 11.9 Å². The number of ether oxygens (including phenoxy) is 2. The van der Waals surface area contributed by atoms with Crippen molar-refractivity contribution in [1.82, 2.24) is 4.98 Å². The van der Waals surface area contributed by atoms with Crippen molar-refractivity contribution in [2.24, 2.45) is 0 Å². The maximum absolute atomic E-state index is 11.7. The minimum atomic E-state index is -0.562. The summed E-state index contributed by atoms with van der Waals surface area (Å²) in [6.07, 6.45) is 0. The number of thioether (sulfide) groups is 1. The summed E-state index contributed by atoms with van der Waals surface area (Å²) in [6, 6.07) is 4.86. The number of hydrogen-bond acceptors (Lipinski definition) is 6. The Labute approximate surface area is 118 Å². The first-order valence-corrected chi connectivity index (χ1v) is 6.37. The van der Waals surface area contributed by atoms with Gasteiger partial charge in [0, 0.05) is 17.8 Å². The molecule has 1 aromatic heterocycles. The molecule has 0 amide bonds. The number of methoxy groups -OCH3 is 1. The molecule has 0 aliphatic rings. The van der Waals surface area contributed by atoms with Crippen LogP contribution in [0.2, 0.25) is 0 Å². The zero-order valence-electron chi connectivity index (χ0n) is 10.7. The van der Waals surface area contributed by atoms with Gasteiger partial charge in [-0.15, -0.1) is 0 Å². The molecular formula is C13H10N2O4S. The van der Waals surface area contributed by atoms with Gasteiger partial charge in [-0.2, -0.15) is 5.26 Å². The van der Waals surface area contributed by atoms with Crippen LogP contribution in [0.5, 0.6) is 5.75 Å². The second-order valence-electron chi connectivity index (χ2n) is 3.82. The van der Waals surface area contributed by atoms with Crippen LogP contribution in [0.3, 0.4) is 0 Å². The van der Waals surface area contributed by atoms with Gasteiger partial charge in [0.05, 0.1) is 12.0 Å². The molecule has 0 aliphatic carbocycles. The van der Waals surface area contributed by atoms with Crippen LogP contribution in [0.1, 0.15) is 17.4 Å². The lowest BCUT2D eigenvalue weighted by Crippen LogP contribution is -2.02. The summed E-state index contributed by atoms with van der Waals surface area (Å²) in [5.74, 6) is -0.657. The number of esters is 2. The van der Waals surface area contributed by atoms with Gasteiger partial charge in [0.25, 0.3) is 0 Å². The fraction of sp³-hybridized carbons (Fsp3) is 0.154. The van der Waals surface area contributed by atoms with E-state index in [1.807, 2.05) is 5.40 Å². The van der Waals surface area contributed by atoms with E-state index in [0.29, 0.717) is 21.5 Å². The summed E-state index contributed by atoms with van der Waals surface area (Å²) in [6.45, 7) is 1.30. The van der Waals surface area contributed by atoms with Crippen LogP contribution < -0.4 is 4.74 Å². The molecule has 2 rings (SSSR count). The van der Waals surface area contributed by atoms with Crippen LogP contribution in [0, 0.1) is 10.7 Å². The highest BCUT2D eigenvalue weighted by molar-refractivity contribution is 8.04. The monoisotopic (exact) mass is 290 g/mol. The van der Waals surface area contributed by atoms with Crippen molar-refractivity contribution in [2.45, 2.75) is 11.8 Å². The molecule has 0 aliphatic heterocycles. The first-order chi connectivity index (χ1) is 9.56. The molecular weight excluding hydrogens is 280 g/mol. The van der Waals surface area contributed by atoms with Crippen molar-refractivity contribution in [2.75, 3.05) is 7.11 Å². The number of rotatable bonds is 3. The Morgan fingerprint density at radius 3 is 2.75 bits per heavy atom. The summed E-state index contributed by atoms with van der Waals surface area (Å²) >= 11 is 0.842. The zero-order chi connectivity index (χ0) is 14.7. The third-order valence-electron chi connectivity index (χ3n) is 2.52. The Bertz CT molecular complexity index is 730. The average molecular weight is 290 g/mol. The van der Waals surface area contributed by atoms with Crippen molar-refractivity contribution in [3.8, 4) is 11.2 Å². The second-order valence-corrected chi connectivity index (χ2v) is 4.61. The number of carbonyl (C=O) groups is 2. The number of thiocyanates is 1. The van der Waals surface area contributed by atoms with E-state index in [2.05, 4.69) is 9.72 Å². The highest BCUT2D eigenvalue weighted by Crippen LogP contribution is 2.34. The fourth-order valence-corrected chi connectivity index (χ4v) is 2.38. The van der Waals surface area contributed by atoms with Gasteiger partial charge in [-0.25, -0.2) is 4.79 Å². The average Bonchev–Trinajstić information content (AvgIpc) is 2.76. The summed E-state index contributed by atoms with van der Waals surface area (Å²) in [7, 11) is 1.26. The van der Waals surface area contributed by atoms with E-state index < -0.39 is 11.9 Å². The number of aromatic nitrogens is 1. The quantitative estimate of drug-likeness (QED) is 0.404. The standard InChI is InChI=1S/C13H10N2O4S/c1-7(16)19-8-3-4-10-9(5-8)12(20-6-14)11(15-10)13(17)18-2/h3-5,15H,1-2H3. The second kappa shape index (κ2) is 5.67. The number of benzene rings is 1. The van der Waals surface area contributed by atoms with Crippen molar-refractivity contribution >= 4 is 34.6 Å². The number of aromatic amines is 1. The maximum Gasteiger partial charge on any atom is 0.355 e. The fourth-order valence-electron chi connectivity index (χ4n) is 1.77. The molecule has 0 spiro atoms. The van der Waals surface area contributed by atoms with Gasteiger partial charge in [-0.1, -0.05) is 0 Å². The molecule has 0 saturated carbocycles. The number of nitrogens with one attached hydrogen (secondary N) is 1. The SMILES string of the molecule is COC(=O)c1[nH]c2ccc(OC(C)=O)cc2c1SC#N. The van der Waals surface area contributed by atoms with Crippen LogP contribution in [-0.2, 0) is 9.53 Å². The number of nitrogens with zero attached hydrogens (tertiary/aromatic N) is 1. The Kier molecular flexibility index (Phi) is 3.96. The van der Waals surface area contributed by atoms with E-state index in [4.69, 9.17) is 10.00 Å². The van der Waals surface area contributed by atoms with Crippen LogP contribution in [0.4, 0.5) is 0 Å². The first-order valence-electron chi connectivity index (χ1n) is 5.55. The van der Waals surface area contributed by atoms with Crippen LogP contribution in [0.15, 0.2) is 23.1 Å². The summed E-state index contributed by atoms with van der Waals surface area (Å²) < 4.78 is 9.66. The molecule has 0 fully saturated rings. The number of H-pyrrole nitrogens is 1. The Hall–Kier alpha value is -2.46. The van der Waals surface area contributed by atoms with Crippen molar-refractivity contribution in [3.63, 3.8) is 0 Å². The largest absolute Gasteiger partial charge is 0.464 e. The molecule has 0 bridgehead atoms. The molecule has 102 valence electrons. The zero-order valence-corrected chi connectivity index (χ0v) is 11.5. The van der Waals surface area contributed by atoms with E-state index in [1.54, 1.807) is 18.2 Å². The maximum atomic E-state index is 11.7. The van der Waals surface area contributed by atoms with Gasteiger partial charge in [0.1, 0.15) is 16.8 Å². The van der Waals surface area contributed by atoms with Crippen LogP contribution in [-0.4, -0.2) is 24.0 Å². The van der Waals surface area contributed by atoms with Crippen molar-refractivity contribution in [3.05, 3.63) is 23.9 Å².